The van der Waals surface area contributed by atoms with Crippen molar-refractivity contribution in [2.45, 2.75) is 45.1 Å². The van der Waals surface area contributed by atoms with E-state index in [9.17, 15) is 40.7 Å². The van der Waals surface area contributed by atoms with E-state index >= 15 is 0 Å². The molecule has 4 rings (SSSR count). The van der Waals surface area contributed by atoms with Crippen molar-refractivity contribution >= 4 is 35.1 Å². The number of hydrogen-bond acceptors (Lipinski definition) is 4. The Kier molecular flexibility index (Phi) is 10.3. The normalized spacial score (nSPS) is 15.3. The second kappa shape index (κ2) is 14.0. The fraction of sp³-hybridized carbons (Fsp3) is 0.281. The van der Waals surface area contributed by atoms with Gasteiger partial charge in [0.2, 0.25) is 0 Å². The van der Waals surface area contributed by atoms with Crippen LogP contribution in [0.5, 0.6) is 0 Å². The summed E-state index contributed by atoms with van der Waals surface area (Å²) in [5.41, 5.74) is -2.42. The molecule has 1 aliphatic heterocycles. The van der Waals surface area contributed by atoms with E-state index in [0.29, 0.717) is 41.9 Å². The van der Waals surface area contributed by atoms with Gasteiger partial charge in [-0.2, -0.15) is 26.3 Å². The van der Waals surface area contributed by atoms with Gasteiger partial charge in [0.1, 0.15) is 0 Å². The number of ether oxygens (including phenoxy) is 1. The number of benzene rings is 3. The van der Waals surface area contributed by atoms with Crippen LogP contribution in [0.3, 0.4) is 0 Å². The number of esters is 1. The highest BCUT2D eigenvalue weighted by Crippen LogP contribution is 2.39. The Morgan fingerprint density at radius 2 is 1.48 bits per heavy atom. The van der Waals surface area contributed by atoms with Gasteiger partial charge in [0, 0.05) is 17.9 Å². The third kappa shape index (κ3) is 7.98. The number of nitrogens with one attached hydrogen (secondary N) is 3. The van der Waals surface area contributed by atoms with Crippen molar-refractivity contribution in [1.82, 2.24) is 10.2 Å². The fourth-order valence-electron chi connectivity index (χ4n) is 4.88. The summed E-state index contributed by atoms with van der Waals surface area (Å²) >= 11 is 0. The zero-order chi connectivity index (χ0) is 33.6. The van der Waals surface area contributed by atoms with Gasteiger partial charge < -0.3 is 20.7 Å². The number of rotatable bonds is 9. The Hall–Kier alpha value is -5.01. The molecule has 3 aromatic carbocycles. The topological polar surface area (TPSA) is 99.8 Å². The van der Waals surface area contributed by atoms with Crippen molar-refractivity contribution in [3.8, 4) is 0 Å². The number of halogens is 6. The third-order valence-corrected chi connectivity index (χ3v) is 6.93. The minimum Gasteiger partial charge on any atom is -0.463 e. The first kappa shape index (κ1) is 33.9. The first-order valence-corrected chi connectivity index (χ1v) is 14.2. The summed E-state index contributed by atoms with van der Waals surface area (Å²) in [4.78, 5) is 41.1. The van der Waals surface area contributed by atoms with Gasteiger partial charge in [-0.1, -0.05) is 55.8 Å². The van der Waals surface area contributed by atoms with Crippen LogP contribution in [-0.2, 0) is 21.9 Å². The molecule has 1 unspecified atom stereocenters. The van der Waals surface area contributed by atoms with E-state index < -0.39 is 53.2 Å². The lowest BCUT2D eigenvalue weighted by Gasteiger charge is -2.37. The van der Waals surface area contributed by atoms with Gasteiger partial charge in [-0.05, 0) is 54.8 Å². The molecule has 0 saturated carbocycles. The second-order valence-electron chi connectivity index (χ2n) is 10.2. The van der Waals surface area contributed by atoms with Gasteiger partial charge in [0.25, 0.3) is 0 Å². The van der Waals surface area contributed by atoms with Crippen molar-refractivity contribution < 1.29 is 45.5 Å². The van der Waals surface area contributed by atoms with Crippen molar-refractivity contribution in [1.29, 1.82) is 0 Å². The molecule has 8 nitrogen and oxygen atoms in total. The molecule has 3 N–H and O–H groups in total. The molecule has 0 aliphatic carbocycles. The standard InChI is InChI=1S/C32H30F6N4O4/c1-3-5-14-42-27(19-10-7-6-8-11-19)25(28(43)46-4-2)26(41-30(42)45)20-12-9-13-23(15-20)39-29(44)40-24-17-21(31(33,34)35)16-22(18-24)32(36,37)38/h6-13,15-18,26H,3-5,14H2,1-2H3,(H,41,45)(H2,39,40,44). The first-order valence-electron chi connectivity index (χ1n) is 14.2. The van der Waals surface area contributed by atoms with Crippen LogP contribution < -0.4 is 16.0 Å². The quantitative estimate of drug-likeness (QED) is 0.161. The van der Waals surface area contributed by atoms with Crippen molar-refractivity contribution in [2.75, 3.05) is 23.8 Å². The van der Waals surface area contributed by atoms with Gasteiger partial charge in [-0.3, -0.25) is 4.90 Å². The van der Waals surface area contributed by atoms with Crippen LogP contribution in [-0.4, -0.2) is 36.1 Å². The molecule has 3 aromatic rings. The summed E-state index contributed by atoms with van der Waals surface area (Å²) in [6.45, 7) is 3.96. The number of urea groups is 2. The van der Waals surface area contributed by atoms with E-state index in [2.05, 4.69) is 10.6 Å². The molecular weight excluding hydrogens is 618 g/mol. The molecule has 1 atom stereocenters. The highest BCUT2D eigenvalue weighted by molar-refractivity contribution is 6.05. The summed E-state index contributed by atoms with van der Waals surface area (Å²) in [6, 6.07) is 12.8. The zero-order valence-corrected chi connectivity index (χ0v) is 24.7. The molecule has 0 saturated heterocycles. The SMILES string of the molecule is CCCCN1C(=O)NC(c2cccc(NC(=O)Nc3cc(C(F)(F)F)cc(C(F)(F)F)c3)c2)C(C(=O)OCC)=C1c1ccccc1. The van der Waals surface area contributed by atoms with Crippen molar-refractivity contribution in [2.24, 2.45) is 0 Å². The predicted molar refractivity (Wildman–Crippen MR) is 158 cm³/mol. The van der Waals surface area contributed by atoms with Gasteiger partial charge in [0.15, 0.2) is 0 Å². The predicted octanol–water partition coefficient (Wildman–Crippen LogP) is 8.21. The average Bonchev–Trinajstić information content (AvgIpc) is 2.99. The van der Waals surface area contributed by atoms with Crippen LogP contribution in [0.1, 0.15) is 55.0 Å². The van der Waals surface area contributed by atoms with E-state index in [1.165, 1.54) is 23.1 Å². The number of unbranched alkanes of at least 4 members (excludes halogenated alkanes) is 1. The van der Waals surface area contributed by atoms with E-state index in [1.807, 2.05) is 12.2 Å². The highest BCUT2D eigenvalue weighted by Gasteiger charge is 2.39. The number of nitrogens with zero attached hydrogens (tertiary/aromatic N) is 1. The largest absolute Gasteiger partial charge is 0.463 e. The molecule has 46 heavy (non-hydrogen) atoms. The molecule has 0 bridgehead atoms. The molecule has 244 valence electrons. The molecule has 4 amide bonds. The average molecular weight is 649 g/mol. The lowest BCUT2D eigenvalue weighted by molar-refractivity contribution is -0.143. The van der Waals surface area contributed by atoms with Crippen molar-refractivity contribution in [3.63, 3.8) is 0 Å². The van der Waals surface area contributed by atoms with E-state index in [1.54, 1.807) is 43.3 Å². The Bertz CT molecular complexity index is 1590. The van der Waals surface area contributed by atoms with Gasteiger partial charge in [0.05, 0.1) is 35.0 Å². The van der Waals surface area contributed by atoms with Gasteiger partial charge in [-0.25, -0.2) is 14.4 Å². The van der Waals surface area contributed by atoms with Crippen LogP contribution in [0.15, 0.2) is 78.4 Å². The smallest absolute Gasteiger partial charge is 0.416 e. The number of carbonyl (C=O) groups excluding carboxylic acids is 3. The summed E-state index contributed by atoms with van der Waals surface area (Å²) in [5, 5.41) is 7.22. The van der Waals surface area contributed by atoms with Crippen LogP contribution in [0.25, 0.3) is 5.70 Å². The van der Waals surface area contributed by atoms with Crippen LogP contribution in [0.2, 0.25) is 0 Å². The lowest BCUT2D eigenvalue weighted by atomic mass is 9.91. The number of amides is 4. The molecule has 0 spiro atoms. The minimum atomic E-state index is -5.10. The summed E-state index contributed by atoms with van der Waals surface area (Å²) in [5.74, 6) is -0.686. The molecule has 0 aromatic heterocycles. The van der Waals surface area contributed by atoms with Crippen LogP contribution in [0, 0.1) is 0 Å². The number of anilines is 2. The molecular formula is C32H30F6N4O4. The second-order valence-corrected chi connectivity index (χ2v) is 10.2. The lowest BCUT2D eigenvalue weighted by Crippen LogP contribution is -2.48. The van der Waals surface area contributed by atoms with Crippen LogP contribution in [0.4, 0.5) is 47.3 Å². The first-order chi connectivity index (χ1) is 21.7. The van der Waals surface area contributed by atoms with Crippen molar-refractivity contribution in [3.05, 3.63) is 101 Å². The van der Waals surface area contributed by atoms with Crippen LogP contribution >= 0.6 is 0 Å². The molecule has 1 aliphatic rings. The maximum atomic E-state index is 13.5. The minimum absolute atomic E-state index is 0.0489. The Balaban J connectivity index is 1.70. The number of carbonyl (C=O) groups is 3. The van der Waals surface area contributed by atoms with E-state index in [-0.39, 0.29) is 23.9 Å². The van der Waals surface area contributed by atoms with E-state index in [4.69, 9.17) is 4.74 Å². The summed E-state index contributed by atoms with van der Waals surface area (Å²) < 4.78 is 85.0. The number of hydrogen-bond donors (Lipinski definition) is 3. The zero-order valence-electron chi connectivity index (χ0n) is 24.7. The Labute approximate surface area is 260 Å². The third-order valence-electron chi connectivity index (χ3n) is 6.93. The fourth-order valence-corrected chi connectivity index (χ4v) is 4.88. The Morgan fingerprint density at radius 1 is 0.848 bits per heavy atom. The molecule has 0 fully saturated rings. The monoisotopic (exact) mass is 648 g/mol. The highest BCUT2D eigenvalue weighted by atomic mass is 19.4. The van der Waals surface area contributed by atoms with E-state index in [0.717, 1.165) is 6.42 Å². The maximum Gasteiger partial charge on any atom is 0.416 e. The molecule has 0 radical (unpaired) electrons. The van der Waals surface area contributed by atoms with Gasteiger partial charge >= 0.3 is 30.4 Å². The Morgan fingerprint density at radius 3 is 2.07 bits per heavy atom. The molecule has 14 heteroatoms. The summed E-state index contributed by atoms with van der Waals surface area (Å²) in [7, 11) is 0. The molecule has 1 heterocycles. The van der Waals surface area contributed by atoms with Gasteiger partial charge in [-0.15, -0.1) is 0 Å². The maximum absolute atomic E-state index is 13.5. The summed E-state index contributed by atoms with van der Waals surface area (Å²) in [6.07, 6.45) is -8.77. The number of alkyl halides is 6.